The van der Waals surface area contributed by atoms with Gasteiger partial charge < -0.3 is 10.1 Å². The predicted molar refractivity (Wildman–Crippen MR) is 88.7 cm³/mol. The van der Waals surface area contributed by atoms with Crippen molar-refractivity contribution in [3.8, 4) is 0 Å². The summed E-state index contributed by atoms with van der Waals surface area (Å²) in [4.78, 5) is 7.24. The summed E-state index contributed by atoms with van der Waals surface area (Å²) in [5, 5.41) is 2.77. The number of anilines is 1. The molecule has 28 heavy (non-hydrogen) atoms. The van der Waals surface area contributed by atoms with E-state index in [-0.39, 0.29) is 12.5 Å². The van der Waals surface area contributed by atoms with E-state index >= 15 is 0 Å². The molecule has 10 heteroatoms. The van der Waals surface area contributed by atoms with Crippen LogP contribution in [0.15, 0.2) is 36.5 Å². The number of rotatable bonds is 4. The molecule has 2 aromatic rings. The summed E-state index contributed by atoms with van der Waals surface area (Å²) >= 11 is 0. The van der Waals surface area contributed by atoms with Crippen LogP contribution in [0.2, 0.25) is 0 Å². The topological polar surface area (TPSA) is 47.0 Å². The Labute approximate surface area is 156 Å². The van der Waals surface area contributed by atoms with E-state index in [0.29, 0.717) is 31.6 Å². The van der Waals surface area contributed by atoms with Crippen molar-refractivity contribution in [2.75, 3.05) is 25.1 Å². The summed E-state index contributed by atoms with van der Waals surface area (Å²) in [6.45, 7) is 0.752. The van der Waals surface area contributed by atoms with E-state index in [1.807, 2.05) is 0 Å². The molecule has 0 saturated carbocycles. The second-order valence-electron chi connectivity index (χ2n) is 6.59. The Balaban J connectivity index is 1.87. The number of hydrogen-bond acceptors (Lipinski definition) is 4. The normalized spacial score (nSPS) is 17.4. The van der Waals surface area contributed by atoms with Crippen LogP contribution < -0.4 is 5.32 Å². The van der Waals surface area contributed by atoms with Crippen LogP contribution in [0.1, 0.15) is 29.7 Å². The van der Waals surface area contributed by atoms with Gasteiger partial charge in [0.05, 0.1) is 5.56 Å². The minimum atomic E-state index is -4.61. The fourth-order valence-corrected chi connectivity index (χ4v) is 3.21. The number of alkyl halides is 6. The Morgan fingerprint density at radius 1 is 1.00 bits per heavy atom. The third-order valence-electron chi connectivity index (χ3n) is 4.78. The van der Waals surface area contributed by atoms with Crippen LogP contribution in [0.3, 0.4) is 0 Å². The lowest BCUT2D eigenvalue weighted by molar-refractivity contribution is -0.141. The van der Waals surface area contributed by atoms with Crippen molar-refractivity contribution in [1.82, 2.24) is 9.97 Å². The first kappa shape index (κ1) is 20.4. The third kappa shape index (κ3) is 4.54. The molecule has 1 aliphatic heterocycles. The lowest BCUT2D eigenvalue weighted by Gasteiger charge is -2.38. The van der Waals surface area contributed by atoms with Gasteiger partial charge in [0.1, 0.15) is 5.69 Å². The molecule has 1 aromatic carbocycles. The van der Waals surface area contributed by atoms with E-state index in [0.717, 1.165) is 24.4 Å². The Kier molecular flexibility index (Phi) is 5.51. The van der Waals surface area contributed by atoms with Gasteiger partial charge in [-0.3, -0.25) is 0 Å². The zero-order chi connectivity index (χ0) is 20.4. The Morgan fingerprint density at radius 3 is 2.36 bits per heavy atom. The molecule has 1 aromatic heterocycles. The Morgan fingerprint density at radius 2 is 1.71 bits per heavy atom. The maximum absolute atomic E-state index is 13.1. The Bertz CT molecular complexity index is 815. The first-order valence-corrected chi connectivity index (χ1v) is 8.50. The van der Waals surface area contributed by atoms with E-state index in [1.165, 1.54) is 6.07 Å². The van der Waals surface area contributed by atoms with Crippen molar-refractivity contribution in [2.45, 2.75) is 30.6 Å². The molecule has 0 spiro atoms. The summed E-state index contributed by atoms with van der Waals surface area (Å²) in [5.41, 5.74) is -2.15. The van der Waals surface area contributed by atoms with E-state index < -0.39 is 29.0 Å². The maximum atomic E-state index is 13.1. The van der Waals surface area contributed by atoms with Gasteiger partial charge in [-0.1, -0.05) is 18.2 Å². The van der Waals surface area contributed by atoms with Gasteiger partial charge in [-0.05, 0) is 30.5 Å². The highest BCUT2D eigenvalue weighted by Crippen LogP contribution is 2.38. The number of aromatic nitrogens is 2. The molecular formula is C18H17F6N3O. The number of nitrogens with zero attached hydrogens (tertiary/aromatic N) is 2. The quantitative estimate of drug-likeness (QED) is 0.751. The number of hydrogen-bond donors (Lipinski definition) is 1. The molecule has 1 N–H and O–H groups in total. The lowest BCUT2D eigenvalue weighted by atomic mass is 9.73. The highest BCUT2D eigenvalue weighted by molar-refractivity contribution is 5.36. The molecule has 152 valence electrons. The van der Waals surface area contributed by atoms with Gasteiger partial charge in [-0.2, -0.15) is 26.3 Å². The number of nitrogens with one attached hydrogen (secondary N) is 1. The highest BCUT2D eigenvalue weighted by atomic mass is 19.4. The third-order valence-corrected chi connectivity index (χ3v) is 4.78. The van der Waals surface area contributed by atoms with Gasteiger partial charge in [0.15, 0.2) is 0 Å². The minimum absolute atomic E-state index is 0.0823. The van der Waals surface area contributed by atoms with Crippen molar-refractivity contribution in [2.24, 2.45) is 0 Å². The van der Waals surface area contributed by atoms with Crippen LogP contribution in [-0.4, -0.2) is 29.7 Å². The van der Waals surface area contributed by atoms with Crippen molar-refractivity contribution >= 4 is 5.95 Å². The van der Waals surface area contributed by atoms with Gasteiger partial charge in [0.2, 0.25) is 5.95 Å². The smallest absolute Gasteiger partial charge is 0.381 e. The summed E-state index contributed by atoms with van der Waals surface area (Å²) in [7, 11) is 0. The SMILES string of the molecule is FC(F)(F)c1cccc(C2(CNc3nccc(C(F)(F)F)n3)CCOCC2)c1. The minimum Gasteiger partial charge on any atom is -0.381 e. The van der Waals surface area contributed by atoms with Gasteiger partial charge >= 0.3 is 12.4 Å². The van der Waals surface area contributed by atoms with E-state index in [2.05, 4.69) is 15.3 Å². The second-order valence-corrected chi connectivity index (χ2v) is 6.59. The van der Waals surface area contributed by atoms with Gasteiger partial charge in [0.25, 0.3) is 0 Å². The number of benzene rings is 1. The first-order chi connectivity index (χ1) is 13.1. The molecule has 0 unspecified atom stereocenters. The van der Waals surface area contributed by atoms with E-state index in [4.69, 9.17) is 4.74 Å². The molecule has 0 atom stereocenters. The average molecular weight is 405 g/mol. The van der Waals surface area contributed by atoms with Crippen LogP contribution >= 0.6 is 0 Å². The summed E-state index contributed by atoms with van der Waals surface area (Å²) in [6, 6.07) is 5.74. The van der Waals surface area contributed by atoms with Crippen LogP contribution in [0.25, 0.3) is 0 Å². The van der Waals surface area contributed by atoms with Crippen molar-refractivity contribution in [3.63, 3.8) is 0 Å². The molecule has 1 fully saturated rings. The summed E-state index contributed by atoms with van der Waals surface area (Å²) in [5.74, 6) is -0.229. The lowest BCUT2D eigenvalue weighted by Crippen LogP contribution is -2.40. The molecule has 3 rings (SSSR count). The average Bonchev–Trinajstić information content (AvgIpc) is 2.66. The molecule has 1 aliphatic rings. The van der Waals surface area contributed by atoms with Crippen molar-refractivity contribution in [3.05, 3.63) is 53.3 Å². The number of halogens is 6. The van der Waals surface area contributed by atoms with Crippen molar-refractivity contribution < 1.29 is 31.1 Å². The van der Waals surface area contributed by atoms with Gasteiger partial charge in [-0.25, -0.2) is 9.97 Å². The Hall–Kier alpha value is -2.36. The first-order valence-electron chi connectivity index (χ1n) is 8.50. The monoisotopic (exact) mass is 405 g/mol. The molecule has 0 amide bonds. The standard InChI is InChI=1S/C18H17F6N3O/c19-17(20,21)13-3-1-2-12(10-13)16(5-8-28-9-6-16)11-26-15-25-7-4-14(27-15)18(22,23)24/h1-4,7,10H,5-6,8-9,11H2,(H,25,26,27). The zero-order valence-electron chi connectivity index (χ0n) is 14.6. The largest absolute Gasteiger partial charge is 0.433 e. The molecule has 1 saturated heterocycles. The predicted octanol–water partition coefficient (Wildman–Crippen LogP) is 4.67. The molecule has 2 heterocycles. The van der Waals surface area contributed by atoms with Crippen LogP contribution in [0, 0.1) is 0 Å². The summed E-state index contributed by atoms with van der Waals surface area (Å²) < 4.78 is 83.1. The highest BCUT2D eigenvalue weighted by Gasteiger charge is 2.38. The maximum Gasteiger partial charge on any atom is 0.433 e. The van der Waals surface area contributed by atoms with Gasteiger partial charge in [-0.15, -0.1) is 0 Å². The zero-order valence-corrected chi connectivity index (χ0v) is 14.6. The molecule has 0 radical (unpaired) electrons. The van der Waals surface area contributed by atoms with Gasteiger partial charge in [0, 0.05) is 31.4 Å². The molecule has 0 bridgehead atoms. The molecular weight excluding hydrogens is 388 g/mol. The van der Waals surface area contributed by atoms with Crippen LogP contribution in [0.5, 0.6) is 0 Å². The fourth-order valence-electron chi connectivity index (χ4n) is 3.21. The summed E-state index contributed by atoms with van der Waals surface area (Å²) in [6.07, 6.45) is -7.28. The molecule has 0 aliphatic carbocycles. The van der Waals surface area contributed by atoms with E-state index in [9.17, 15) is 26.3 Å². The van der Waals surface area contributed by atoms with E-state index in [1.54, 1.807) is 6.07 Å². The fraction of sp³-hybridized carbons (Fsp3) is 0.444. The van der Waals surface area contributed by atoms with Crippen LogP contribution in [0.4, 0.5) is 32.3 Å². The number of ether oxygens (including phenoxy) is 1. The van der Waals surface area contributed by atoms with Crippen molar-refractivity contribution in [1.29, 1.82) is 0 Å². The van der Waals surface area contributed by atoms with Crippen LogP contribution in [-0.2, 0) is 22.5 Å². The molecule has 4 nitrogen and oxygen atoms in total. The second kappa shape index (κ2) is 7.57.